The summed E-state index contributed by atoms with van der Waals surface area (Å²) in [5.41, 5.74) is -8.03. The smallest absolute Gasteiger partial charge is 0.443 e. The van der Waals surface area contributed by atoms with E-state index in [1.54, 1.807) is 20.8 Å². The van der Waals surface area contributed by atoms with Crippen LogP contribution in [0.25, 0.3) is 0 Å². The molecule has 0 aliphatic carbocycles. The molecule has 0 N–H and O–H groups in total. The van der Waals surface area contributed by atoms with Crippen molar-refractivity contribution >= 4 is 21.9 Å². The van der Waals surface area contributed by atoms with Crippen LogP contribution in [0.1, 0.15) is 56.8 Å². The molecule has 2 atom stereocenters. The van der Waals surface area contributed by atoms with Gasteiger partial charge < -0.3 is 8.92 Å². The number of ether oxygens (including phenoxy) is 1. The fraction of sp³-hybridized carbons (Fsp3) is 0.567. The van der Waals surface area contributed by atoms with Gasteiger partial charge in [-0.1, -0.05) is 6.07 Å². The van der Waals surface area contributed by atoms with E-state index in [0.717, 1.165) is 40.1 Å². The standard InChI is InChI=1S/C30H34F9N3O5S/c1-17-10-18-11-21(47-48(44,45)30(37,38)39)6-7-22(18)26(41(17)16-29(34,35)36)25-23(32)12-19(13-24(25)33)42(27(43)46-28(2,3)4)20-14-40(15-20)9-5-8-31/h6-7,11-13,17,20,26H,5,8-10,14-16H2,1-4H3/t17-,26+/m1/s1. The monoisotopic (exact) mass is 719 g/mol. The fourth-order valence-electron chi connectivity index (χ4n) is 5.82. The molecule has 48 heavy (non-hydrogen) atoms. The van der Waals surface area contributed by atoms with E-state index >= 15 is 8.78 Å². The van der Waals surface area contributed by atoms with Gasteiger partial charge in [-0.2, -0.15) is 34.8 Å². The number of nitrogens with zero attached hydrogens (tertiary/aromatic N) is 3. The summed E-state index contributed by atoms with van der Waals surface area (Å²) in [6, 6.07) is 0.630. The van der Waals surface area contributed by atoms with Crippen LogP contribution in [0.2, 0.25) is 0 Å². The minimum Gasteiger partial charge on any atom is -0.443 e. The van der Waals surface area contributed by atoms with Crippen LogP contribution in [0.3, 0.4) is 0 Å². The Labute approximate surface area is 271 Å². The van der Waals surface area contributed by atoms with E-state index in [9.17, 15) is 43.9 Å². The van der Waals surface area contributed by atoms with Gasteiger partial charge in [-0.25, -0.2) is 13.6 Å². The molecule has 0 radical (unpaired) electrons. The number of anilines is 1. The summed E-state index contributed by atoms with van der Waals surface area (Å²) in [6.07, 6.45) is -5.81. The molecule has 2 aliphatic heterocycles. The predicted octanol–water partition coefficient (Wildman–Crippen LogP) is 6.88. The highest BCUT2D eigenvalue weighted by Crippen LogP contribution is 2.44. The third-order valence-electron chi connectivity index (χ3n) is 7.79. The van der Waals surface area contributed by atoms with E-state index in [-0.39, 0.29) is 42.7 Å². The molecule has 2 aromatic carbocycles. The summed E-state index contributed by atoms with van der Waals surface area (Å²) in [6.45, 7) is 4.68. The van der Waals surface area contributed by atoms with Crippen LogP contribution in [0, 0.1) is 11.6 Å². The highest BCUT2D eigenvalue weighted by molar-refractivity contribution is 7.88. The highest BCUT2D eigenvalue weighted by atomic mass is 32.2. The molecule has 2 aromatic rings. The van der Waals surface area contributed by atoms with Crippen molar-refractivity contribution in [2.75, 3.05) is 37.8 Å². The molecule has 1 saturated heterocycles. The molecular weight excluding hydrogens is 685 g/mol. The molecule has 2 aliphatic rings. The number of hydrogen-bond donors (Lipinski definition) is 0. The zero-order valence-electron chi connectivity index (χ0n) is 26.3. The fourth-order valence-corrected chi connectivity index (χ4v) is 6.27. The second-order valence-corrected chi connectivity index (χ2v) is 14.3. The van der Waals surface area contributed by atoms with E-state index in [2.05, 4.69) is 4.18 Å². The Kier molecular flexibility index (Phi) is 10.6. The first-order valence-corrected chi connectivity index (χ1v) is 16.2. The van der Waals surface area contributed by atoms with Gasteiger partial charge in [0.05, 0.1) is 31.0 Å². The van der Waals surface area contributed by atoms with Gasteiger partial charge in [0.25, 0.3) is 0 Å². The summed E-state index contributed by atoms with van der Waals surface area (Å²) < 4.78 is 158. The molecule has 18 heteroatoms. The number of benzene rings is 2. The van der Waals surface area contributed by atoms with Gasteiger partial charge >= 0.3 is 27.9 Å². The van der Waals surface area contributed by atoms with E-state index in [0.29, 0.717) is 6.54 Å². The van der Waals surface area contributed by atoms with Gasteiger partial charge in [0.15, 0.2) is 0 Å². The highest BCUT2D eigenvalue weighted by Gasteiger charge is 2.49. The lowest BCUT2D eigenvalue weighted by atomic mass is 9.84. The molecular formula is C30H34F9N3O5S. The van der Waals surface area contributed by atoms with Gasteiger partial charge in [0, 0.05) is 31.2 Å². The van der Waals surface area contributed by atoms with Crippen molar-refractivity contribution < 1.29 is 61.6 Å². The molecule has 0 spiro atoms. The van der Waals surface area contributed by atoms with Crippen LogP contribution in [-0.2, 0) is 21.3 Å². The lowest BCUT2D eigenvalue weighted by molar-refractivity contribution is -0.155. The first-order chi connectivity index (χ1) is 22.0. The van der Waals surface area contributed by atoms with Crippen LogP contribution < -0.4 is 9.08 Å². The minimum absolute atomic E-state index is 0.00176. The number of hydrogen-bond acceptors (Lipinski definition) is 7. The summed E-state index contributed by atoms with van der Waals surface area (Å²) in [7, 11) is -6.09. The molecule has 0 saturated carbocycles. The minimum atomic E-state index is -6.09. The SMILES string of the molecule is C[C@@H]1Cc2cc(OS(=O)(=O)C(F)(F)F)ccc2[C@@H](c2c(F)cc(N(C(=O)OC(C)(C)C)C3CN(CCCF)C3)cc2F)N1CC(F)(F)F. The average molecular weight is 720 g/mol. The molecule has 2 heterocycles. The zero-order valence-corrected chi connectivity index (χ0v) is 27.1. The lowest BCUT2D eigenvalue weighted by Crippen LogP contribution is -2.61. The topological polar surface area (TPSA) is 79.4 Å². The largest absolute Gasteiger partial charge is 0.534 e. The maximum Gasteiger partial charge on any atom is 0.534 e. The Hall–Kier alpha value is -3.25. The Balaban J connectivity index is 1.79. The van der Waals surface area contributed by atoms with Gasteiger partial charge in [0.1, 0.15) is 23.0 Å². The molecule has 4 rings (SSSR count). The van der Waals surface area contributed by atoms with Gasteiger partial charge in [-0.3, -0.25) is 19.1 Å². The van der Waals surface area contributed by atoms with Crippen molar-refractivity contribution in [1.29, 1.82) is 0 Å². The Morgan fingerprint density at radius 1 is 1.00 bits per heavy atom. The number of halogens is 9. The quantitative estimate of drug-likeness (QED) is 0.159. The first kappa shape index (κ1) is 37.6. The van der Waals surface area contributed by atoms with Crippen molar-refractivity contribution in [2.45, 2.75) is 75.9 Å². The Morgan fingerprint density at radius 3 is 2.12 bits per heavy atom. The number of fused-ring (bicyclic) bond motifs is 1. The van der Waals surface area contributed by atoms with Crippen molar-refractivity contribution in [3.05, 3.63) is 58.7 Å². The van der Waals surface area contributed by atoms with Crippen molar-refractivity contribution in [3.63, 3.8) is 0 Å². The molecule has 1 amide bonds. The van der Waals surface area contributed by atoms with Crippen LogP contribution in [-0.4, -0.2) is 86.5 Å². The predicted molar refractivity (Wildman–Crippen MR) is 156 cm³/mol. The van der Waals surface area contributed by atoms with E-state index < -0.39 is 87.8 Å². The normalized spacial score (nSPS) is 19.9. The van der Waals surface area contributed by atoms with Crippen molar-refractivity contribution in [2.24, 2.45) is 0 Å². The van der Waals surface area contributed by atoms with Gasteiger partial charge in [-0.15, -0.1) is 0 Å². The van der Waals surface area contributed by atoms with Gasteiger partial charge in [-0.05, 0) is 75.9 Å². The number of amides is 1. The third-order valence-corrected chi connectivity index (χ3v) is 8.77. The summed E-state index contributed by atoms with van der Waals surface area (Å²) in [4.78, 5) is 16.9. The molecule has 1 fully saturated rings. The molecule has 268 valence electrons. The maximum atomic E-state index is 16.1. The molecule has 0 bridgehead atoms. The second-order valence-electron chi connectivity index (χ2n) is 12.7. The number of likely N-dealkylation sites (tertiary alicyclic amines) is 1. The lowest BCUT2D eigenvalue weighted by Gasteiger charge is -2.45. The van der Waals surface area contributed by atoms with Crippen LogP contribution >= 0.6 is 0 Å². The summed E-state index contributed by atoms with van der Waals surface area (Å²) in [5.74, 6) is -3.46. The molecule has 0 unspecified atom stereocenters. The Morgan fingerprint density at radius 2 is 1.60 bits per heavy atom. The number of carbonyl (C=O) groups excluding carboxylic acids is 1. The molecule has 8 nitrogen and oxygen atoms in total. The van der Waals surface area contributed by atoms with Gasteiger partial charge in [0.2, 0.25) is 0 Å². The number of carbonyl (C=O) groups is 1. The van der Waals surface area contributed by atoms with Crippen molar-refractivity contribution in [3.8, 4) is 5.75 Å². The summed E-state index contributed by atoms with van der Waals surface area (Å²) >= 11 is 0. The number of alkyl halides is 7. The van der Waals surface area contributed by atoms with Crippen molar-refractivity contribution in [1.82, 2.24) is 9.80 Å². The average Bonchev–Trinajstić information content (AvgIpc) is 2.88. The summed E-state index contributed by atoms with van der Waals surface area (Å²) in [5, 5.41) is 0. The maximum absolute atomic E-state index is 16.1. The zero-order chi connectivity index (χ0) is 36.0. The van der Waals surface area contributed by atoms with E-state index in [1.165, 1.54) is 6.92 Å². The van der Waals surface area contributed by atoms with Crippen LogP contribution in [0.15, 0.2) is 30.3 Å². The van der Waals surface area contributed by atoms with E-state index in [1.807, 2.05) is 4.90 Å². The van der Waals surface area contributed by atoms with Crippen LogP contribution in [0.5, 0.6) is 5.75 Å². The third kappa shape index (κ3) is 8.48. The van der Waals surface area contributed by atoms with Crippen LogP contribution in [0.4, 0.5) is 50.0 Å². The first-order valence-electron chi connectivity index (χ1n) is 14.8. The number of rotatable bonds is 9. The second kappa shape index (κ2) is 13.6. The van der Waals surface area contributed by atoms with E-state index in [4.69, 9.17) is 4.74 Å². The molecule has 0 aromatic heterocycles. The Bertz CT molecular complexity index is 1580.